The summed E-state index contributed by atoms with van der Waals surface area (Å²) in [5, 5.41) is 7.64. The van der Waals surface area contributed by atoms with Gasteiger partial charge in [0.2, 0.25) is 11.8 Å². The molecule has 2 fully saturated rings. The van der Waals surface area contributed by atoms with Gasteiger partial charge in [-0.2, -0.15) is 9.97 Å². The number of nitrogens with zero attached hydrogens (tertiary/aromatic N) is 4. The summed E-state index contributed by atoms with van der Waals surface area (Å²) in [5.41, 5.74) is -0.00222. The highest BCUT2D eigenvalue weighted by Crippen LogP contribution is 2.37. The van der Waals surface area contributed by atoms with Crippen molar-refractivity contribution in [2.45, 2.75) is 85.5 Å². The molecule has 0 atom stereocenters. The van der Waals surface area contributed by atoms with Gasteiger partial charge in [-0.05, 0) is 19.8 Å². The van der Waals surface area contributed by atoms with Crippen LogP contribution >= 0.6 is 0 Å². The first-order valence-electron chi connectivity index (χ1n) is 9.67. The van der Waals surface area contributed by atoms with Gasteiger partial charge >= 0.3 is 0 Å². The lowest BCUT2D eigenvalue weighted by molar-refractivity contribution is -0.0551. The highest BCUT2D eigenvalue weighted by atomic mass is 16.5. The van der Waals surface area contributed by atoms with Crippen molar-refractivity contribution in [1.82, 2.24) is 20.3 Å². The maximum atomic E-state index is 5.08. The number of aromatic nitrogens is 4. The van der Waals surface area contributed by atoms with Crippen LogP contribution in [-0.2, 0) is 10.2 Å². The molecule has 1 aliphatic heterocycles. The third-order valence-corrected chi connectivity index (χ3v) is 3.89. The molecule has 3 heterocycles. The fraction of sp³-hybridized carbons (Fsp3) is 0.789. The third kappa shape index (κ3) is 6.86. The first-order valence-corrected chi connectivity index (χ1v) is 9.67. The molecule has 7 nitrogen and oxygen atoms in total. The van der Waals surface area contributed by atoms with Crippen LogP contribution in [0.2, 0.25) is 0 Å². The van der Waals surface area contributed by atoms with E-state index in [4.69, 9.17) is 13.8 Å². The Balaban J connectivity index is 0.000000204. The average molecular weight is 367 g/mol. The summed E-state index contributed by atoms with van der Waals surface area (Å²) in [6.07, 6.45) is 5.11. The summed E-state index contributed by atoms with van der Waals surface area (Å²) in [4.78, 5) is 8.24. The van der Waals surface area contributed by atoms with Crippen molar-refractivity contribution in [3.05, 3.63) is 23.4 Å². The molecule has 2 aromatic heterocycles. The van der Waals surface area contributed by atoms with Crippen LogP contribution in [0.3, 0.4) is 0 Å². The van der Waals surface area contributed by atoms with Gasteiger partial charge in [0.15, 0.2) is 11.6 Å². The Bertz CT molecular complexity index is 614. The topological polar surface area (TPSA) is 87.1 Å². The molecule has 0 amide bonds. The van der Waals surface area contributed by atoms with Crippen LogP contribution < -0.4 is 0 Å². The highest BCUT2D eigenvalue weighted by Gasteiger charge is 2.39. The first kappa shape index (κ1) is 22.3. The molecule has 148 valence electrons. The summed E-state index contributed by atoms with van der Waals surface area (Å²) >= 11 is 0. The quantitative estimate of drug-likeness (QED) is 0.774. The zero-order chi connectivity index (χ0) is 19.6. The molecule has 0 radical (unpaired) electrons. The molecule has 1 saturated carbocycles. The van der Waals surface area contributed by atoms with Gasteiger partial charge in [0.05, 0.1) is 18.6 Å². The SMILES string of the molecule is CC.CCCC.Cc1nc(C2(C)COC2)no1.Cc1nc(C2CC2)no1. The van der Waals surface area contributed by atoms with E-state index in [9.17, 15) is 0 Å². The van der Waals surface area contributed by atoms with Crippen molar-refractivity contribution in [2.24, 2.45) is 0 Å². The monoisotopic (exact) mass is 366 g/mol. The summed E-state index contributed by atoms with van der Waals surface area (Å²) in [7, 11) is 0. The highest BCUT2D eigenvalue weighted by molar-refractivity contribution is 5.08. The van der Waals surface area contributed by atoms with Crippen LogP contribution in [0, 0.1) is 13.8 Å². The van der Waals surface area contributed by atoms with E-state index in [1.54, 1.807) is 6.92 Å². The van der Waals surface area contributed by atoms with Crippen LogP contribution in [0.4, 0.5) is 0 Å². The number of hydrogen-bond donors (Lipinski definition) is 0. The molecule has 7 heteroatoms. The van der Waals surface area contributed by atoms with E-state index in [0.29, 0.717) is 30.9 Å². The summed E-state index contributed by atoms with van der Waals surface area (Å²) < 4.78 is 14.8. The fourth-order valence-corrected chi connectivity index (χ4v) is 1.90. The van der Waals surface area contributed by atoms with E-state index in [1.165, 1.54) is 25.7 Å². The second-order valence-electron chi connectivity index (χ2n) is 6.64. The van der Waals surface area contributed by atoms with Crippen LogP contribution in [0.1, 0.15) is 89.7 Å². The lowest BCUT2D eigenvalue weighted by Crippen LogP contribution is -2.44. The Morgan fingerprint density at radius 3 is 1.77 bits per heavy atom. The van der Waals surface area contributed by atoms with Crippen LogP contribution in [-0.4, -0.2) is 33.5 Å². The third-order valence-electron chi connectivity index (χ3n) is 3.89. The van der Waals surface area contributed by atoms with Crippen molar-refractivity contribution < 1.29 is 13.8 Å². The fourth-order valence-electron chi connectivity index (χ4n) is 1.90. The normalized spacial score (nSPS) is 16.7. The molecule has 4 rings (SSSR count). The molecule has 2 aliphatic rings. The lowest BCUT2D eigenvalue weighted by atomic mass is 9.88. The van der Waals surface area contributed by atoms with E-state index in [1.807, 2.05) is 20.8 Å². The van der Waals surface area contributed by atoms with E-state index in [0.717, 1.165) is 11.6 Å². The van der Waals surface area contributed by atoms with Gasteiger partial charge < -0.3 is 13.8 Å². The van der Waals surface area contributed by atoms with Crippen LogP contribution in [0.25, 0.3) is 0 Å². The molecule has 1 aliphatic carbocycles. The largest absolute Gasteiger partial charge is 0.379 e. The average Bonchev–Trinajstić information content (AvgIpc) is 3.25. The van der Waals surface area contributed by atoms with Gasteiger partial charge in [0, 0.05) is 19.8 Å². The Morgan fingerprint density at radius 2 is 1.46 bits per heavy atom. The molecule has 2 aromatic rings. The number of ether oxygens (including phenoxy) is 1. The predicted molar refractivity (Wildman–Crippen MR) is 100 cm³/mol. The molecular formula is C19H34N4O3. The Hall–Kier alpha value is -1.76. The van der Waals surface area contributed by atoms with Crippen molar-refractivity contribution in [3.8, 4) is 0 Å². The number of aryl methyl sites for hydroxylation is 2. The van der Waals surface area contributed by atoms with E-state index >= 15 is 0 Å². The van der Waals surface area contributed by atoms with E-state index < -0.39 is 0 Å². The number of hydrogen-bond acceptors (Lipinski definition) is 7. The van der Waals surface area contributed by atoms with Crippen molar-refractivity contribution in [3.63, 3.8) is 0 Å². The van der Waals surface area contributed by atoms with Gasteiger partial charge in [-0.25, -0.2) is 0 Å². The Labute approximate surface area is 156 Å². The zero-order valence-corrected chi connectivity index (χ0v) is 17.3. The summed E-state index contributed by atoms with van der Waals surface area (Å²) in [5.74, 6) is 3.57. The summed E-state index contributed by atoms with van der Waals surface area (Å²) in [6.45, 7) is 15.4. The maximum Gasteiger partial charge on any atom is 0.223 e. The standard InChI is InChI=1S/C7H10N2O2.C6H8N2O.C4H10.C2H6/c1-5-8-6(9-11-5)7(2)3-10-4-7;1-4-7-6(8-9-4)5-2-3-5;1-3-4-2;1-2/h3-4H2,1-2H3;5H,2-3H2,1H3;3-4H2,1-2H3;1-2H3. The minimum Gasteiger partial charge on any atom is -0.379 e. The first-order chi connectivity index (χ1) is 12.5. The van der Waals surface area contributed by atoms with Crippen LogP contribution in [0.5, 0.6) is 0 Å². The minimum absolute atomic E-state index is 0.00222. The summed E-state index contributed by atoms with van der Waals surface area (Å²) in [6, 6.07) is 0. The van der Waals surface area contributed by atoms with Gasteiger partial charge in [-0.1, -0.05) is 50.8 Å². The molecule has 0 bridgehead atoms. The number of rotatable bonds is 3. The van der Waals surface area contributed by atoms with Crippen molar-refractivity contribution in [1.29, 1.82) is 0 Å². The van der Waals surface area contributed by atoms with Gasteiger partial charge in [0.1, 0.15) is 0 Å². The molecule has 0 spiro atoms. The Kier molecular flexibility index (Phi) is 9.48. The van der Waals surface area contributed by atoms with Crippen molar-refractivity contribution >= 4 is 0 Å². The zero-order valence-electron chi connectivity index (χ0n) is 17.3. The van der Waals surface area contributed by atoms with Gasteiger partial charge in [0.25, 0.3) is 0 Å². The molecule has 1 saturated heterocycles. The van der Waals surface area contributed by atoms with Crippen molar-refractivity contribution in [2.75, 3.05) is 13.2 Å². The molecule has 0 N–H and O–H groups in total. The predicted octanol–water partition coefficient (Wildman–Crippen LogP) is 4.75. The smallest absolute Gasteiger partial charge is 0.223 e. The second-order valence-corrected chi connectivity index (χ2v) is 6.64. The molecule has 0 aromatic carbocycles. The molecule has 0 unspecified atom stereocenters. The molecular weight excluding hydrogens is 332 g/mol. The second kappa shape index (κ2) is 11.1. The maximum absolute atomic E-state index is 5.08. The Morgan fingerprint density at radius 1 is 0.923 bits per heavy atom. The van der Waals surface area contributed by atoms with Gasteiger partial charge in [-0.15, -0.1) is 0 Å². The molecule has 26 heavy (non-hydrogen) atoms. The lowest BCUT2D eigenvalue weighted by Gasteiger charge is -2.34. The van der Waals surface area contributed by atoms with E-state index in [2.05, 4.69) is 41.1 Å². The van der Waals surface area contributed by atoms with Crippen LogP contribution in [0.15, 0.2) is 9.05 Å². The van der Waals surface area contributed by atoms with E-state index in [-0.39, 0.29) is 5.41 Å². The number of unbranched alkanes of at least 4 members (excludes halogenated alkanes) is 1. The minimum atomic E-state index is -0.00222. The van der Waals surface area contributed by atoms with Gasteiger partial charge in [-0.3, -0.25) is 0 Å².